The Bertz CT molecular complexity index is 1190. The minimum Gasteiger partial charge on any atom is -0.489 e. The highest BCUT2D eigenvalue weighted by molar-refractivity contribution is 6.31. The van der Waals surface area contributed by atoms with Crippen LogP contribution < -0.4 is 10.1 Å². The number of nitrogens with one attached hydrogen (secondary N) is 2. The van der Waals surface area contributed by atoms with Crippen LogP contribution in [0, 0.1) is 0 Å². The lowest BCUT2D eigenvalue weighted by Crippen LogP contribution is -2.16. The van der Waals surface area contributed by atoms with Crippen molar-refractivity contribution in [1.82, 2.24) is 25.2 Å². The van der Waals surface area contributed by atoms with Gasteiger partial charge < -0.3 is 19.4 Å². The summed E-state index contributed by atoms with van der Waals surface area (Å²) >= 11 is 6.11. The number of para-hydroxylation sites is 1. The van der Waals surface area contributed by atoms with Gasteiger partial charge in [-0.05, 0) is 35.5 Å². The van der Waals surface area contributed by atoms with Crippen molar-refractivity contribution in [2.75, 3.05) is 25.6 Å². The number of rotatable bonds is 7. The Balaban J connectivity index is 1.67. The molecule has 0 saturated heterocycles. The van der Waals surface area contributed by atoms with Gasteiger partial charge in [-0.2, -0.15) is 5.21 Å². The molecule has 0 aliphatic rings. The van der Waals surface area contributed by atoms with Crippen LogP contribution in [0.25, 0.3) is 22.3 Å². The molecule has 0 spiro atoms. The SMILES string of the molecule is COCCOc1cccc2cc(C(=O)Nc3ccc(Cl)cc3-c3nn[nH]n3)n(C)c12. The number of methoxy groups -OCH3 is 1. The number of fused-ring (bicyclic) bond motifs is 1. The van der Waals surface area contributed by atoms with E-state index in [1.54, 1.807) is 29.9 Å². The average Bonchev–Trinajstić information content (AvgIpc) is 3.38. The van der Waals surface area contributed by atoms with Crippen LogP contribution in [-0.4, -0.2) is 51.4 Å². The molecule has 2 N–H and O–H groups in total. The van der Waals surface area contributed by atoms with E-state index in [0.717, 1.165) is 10.9 Å². The van der Waals surface area contributed by atoms with Crippen molar-refractivity contribution < 1.29 is 14.3 Å². The predicted molar refractivity (Wildman–Crippen MR) is 113 cm³/mol. The first-order valence-electron chi connectivity index (χ1n) is 9.13. The average molecular weight is 427 g/mol. The van der Waals surface area contributed by atoms with Gasteiger partial charge in [-0.3, -0.25) is 4.79 Å². The van der Waals surface area contributed by atoms with Gasteiger partial charge in [0, 0.05) is 30.1 Å². The molecule has 0 atom stereocenters. The number of nitrogens with zero attached hydrogens (tertiary/aromatic N) is 4. The monoisotopic (exact) mass is 426 g/mol. The Morgan fingerprint density at radius 2 is 2.10 bits per heavy atom. The fourth-order valence-corrected chi connectivity index (χ4v) is 3.39. The van der Waals surface area contributed by atoms with E-state index in [9.17, 15) is 4.79 Å². The lowest BCUT2D eigenvalue weighted by atomic mass is 10.1. The second-order valence-electron chi connectivity index (χ2n) is 6.50. The molecule has 0 bridgehead atoms. The number of carbonyl (C=O) groups excluding carboxylic acids is 1. The standard InChI is InChI=1S/C20H19ClN6O3/c1-27-16(10-12-4-3-5-17(18(12)27)30-9-8-29-2)20(28)22-15-7-6-13(21)11-14(15)19-23-25-26-24-19/h3-7,10-11H,8-9H2,1-2H3,(H,22,28)(H,23,24,25,26). The molecule has 4 aromatic rings. The summed E-state index contributed by atoms with van der Waals surface area (Å²) in [4.78, 5) is 13.1. The third-order valence-electron chi connectivity index (χ3n) is 4.61. The molecule has 30 heavy (non-hydrogen) atoms. The van der Waals surface area contributed by atoms with E-state index in [2.05, 4.69) is 25.9 Å². The van der Waals surface area contributed by atoms with Crippen molar-refractivity contribution in [2.45, 2.75) is 0 Å². The molecule has 2 aromatic carbocycles. The predicted octanol–water partition coefficient (Wildman–Crippen LogP) is 3.29. The summed E-state index contributed by atoms with van der Waals surface area (Å²) in [5.41, 5.74) is 2.38. The second-order valence-corrected chi connectivity index (χ2v) is 6.94. The minimum absolute atomic E-state index is 0.288. The molecule has 9 nitrogen and oxygen atoms in total. The number of halogens is 1. The van der Waals surface area contributed by atoms with E-state index in [4.69, 9.17) is 21.1 Å². The van der Waals surface area contributed by atoms with Gasteiger partial charge in [-0.1, -0.05) is 23.7 Å². The first-order valence-corrected chi connectivity index (χ1v) is 9.51. The van der Waals surface area contributed by atoms with Crippen molar-refractivity contribution in [3.63, 3.8) is 0 Å². The van der Waals surface area contributed by atoms with Crippen LogP contribution in [0.3, 0.4) is 0 Å². The maximum Gasteiger partial charge on any atom is 0.272 e. The molecule has 0 unspecified atom stereocenters. The molecular weight excluding hydrogens is 408 g/mol. The first-order chi connectivity index (χ1) is 14.6. The maximum absolute atomic E-state index is 13.1. The first kappa shape index (κ1) is 19.9. The van der Waals surface area contributed by atoms with Crippen molar-refractivity contribution >= 4 is 34.1 Å². The van der Waals surface area contributed by atoms with Gasteiger partial charge in [0.2, 0.25) is 5.82 Å². The van der Waals surface area contributed by atoms with Gasteiger partial charge >= 0.3 is 0 Å². The quantitative estimate of drug-likeness (QED) is 0.439. The van der Waals surface area contributed by atoms with Gasteiger partial charge in [0.1, 0.15) is 18.1 Å². The molecule has 4 rings (SSSR count). The lowest BCUT2D eigenvalue weighted by molar-refractivity contribution is 0.101. The Labute approximate surface area is 176 Å². The van der Waals surface area contributed by atoms with Crippen LogP contribution in [0.2, 0.25) is 5.02 Å². The van der Waals surface area contributed by atoms with Crippen molar-refractivity contribution in [1.29, 1.82) is 0 Å². The third-order valence-corrected chi connectivity index (χ3v) is 4.85. The van der Waals surface area contributed by atoms with Gasteiger partial charge in [-0.25, -0.2) is 0 Å². The second kappa shape index (κ2) is 8.52. The number of hydrogen-bond donors (Lipinski definition) is 2. The molecule has 10 heteroatoms. The zero-order valence-electron chi connectivity index (χ0n) is 16.3. The van der Waals surface area contributed by atoms with Crippen LogP contribution in [0.5, 0.6) is 5.75 Å². The number of anilines is 1. The van der Waals surface area contributed by atoms with Gasteiger partial charge in [0.25, 0.3) is 5.91 Å². The summed E-state index contributed by atoms with van der Waals surface area (Å²) in [7, 11) is 3.44. The Kier molecular flexibility index (Phi) is 5.64. The Morgan fingerprint density at radius 1 is 1.23 bits per heavy atom. The largest absolute Gasteiger partial charge is 0.489 e. The molecule has 2 aromatic heterocycles. The molecule has 0 aliphatic heterocycles. The number of aromatic nitrogens is 5. The molecule has 0 radical (unpaired) electrons. The zero-order chi connectivity index (χ0) is 21.1. The summed E-state index contributed by atoms with van der Waals surface area (Å²) < 4.78 is 12.7. The molecule has 1 amide bonds. The van der Waals surface area contributed by atoms with E-state index in [0.29, 0.717) is 46.8 Å². The number of H-pyrrole nitrogens is 1. The van der Waals surface area contributed by atoms with Crippen LogP contribution >= 0.6 is 11.6 Å². The van der Waals surface area contributed by atoms with E-state index in [-0.39, 0.29) is 5.91 Å². The summed E-state index contributed by atoms with van der Waals surface area (Å²) in [6, 6.07) is 12.6. The lowest BCUT2D eigenvalue weighted by Gasteiger charge is -2.11. The number of tetrazole rings is 1. The van der Waals surface area contributed by atoms with Gasteiger partial charge in [0.15, 0.2) is 0 Å². The highest BCUT2D eigenvalue weighted by Gasteiger charge is 2.19. The summed E-state index contributed by atoms with van der Waals surface area (Å²) in [5.74, 6) is 0.729. The Hall–Kier alpha value is -3.43. The van der Waals surface area contributed by atoms with Crippen molar-refractivity contribution in [3.8, 4) is 17.1 Å². The third kappa shape index (κ3) is 3.85. The van der Waals surface area contributed by atoms with Crippen molar-refractivity contribution in [3.05, 3.63) is 53.2 Å². The molecular formula is C20H19ClN6O3. The van der Waals surface area contributed by atoms with Crippen LogP contribution in [0.15, 0.2) is 42.5 Å². The van der Waals surface area contributed by atoms with E-state index < -0.39 is 0 Å². The van der Waals surface area contributed by atoms with Gasteiger partial charge in [0.05, 0.1) is 17.8 Å². The molecule has 2 heterocycles. The number of aromatic amines is 1. The van der Waals surface area contributed by atoms with E-state index in [1.165, 1.54) is 0 Å². The van der Waals surface area contributed by atoms with Crippen LogP contribution in [0.1, 0.15) is 10.5 Å². The summed E-state index contributed by atoms with van der Waals surface area (Å²) in [6.07, 6.45) is 0. The number of benzene rings is 2. The zero-order valence-corrected chi connectivity index (χ0v) is 17.1. The normalized spacial score (nSPS) is 11.0. The smallest absolute Gasteiger partial charge is 0.272 e. The van der Waals surface area contributed by atoms with E-state index >= 15 is 0 Å². The topological polar surface area (TPSA) is 107 Å². The number of amides is 1. The summed E-state index contributed by atoms with van der Waals surface area (Å²) in [5, 5.41) is 18.2. The fourth-order valence-electron chi connectivity index (χ4n) is 3.22. The number of ether oxygens (including phenoxy) is 2. The van der Waals surface area contributed by atoms with Crippen LogP contribution in [-0.2, 0) is 11.8 Å². The summed E-state index contributed by atoms with van der Waals surface area (Å²) in [6.45, 7) is 0.894. The highest BCUT2D eigenvalue weighted by Crippen LogP contribution is 2.31. The number of aryl methyl sites for hydroxylation is 1. The molecule has 0 fully saturated rings. The minimum atomic E-state index is -0.288. The van der Waals surface area contributed by atoms with E-state index in [1.807, 2.05) is 31.3 Å². The Morgan fingerprint density at radius 3 is 2.87 bits per heavy atom. The van der Waals surface area contributed by atoms with Gasteiger partial charge in [-0.15, -0.1) is 10.2 Å². The van der Waals surface area contributed by atoms with Crippen LogP contribution in [0.4, 0.5) is 5.69 Å². The number of carbonyl (C=O) groups is 1. The molecule has 0 aliphatic carbocycles. The molecule has 154 valence electrons. The molecule has 0 saturated carbocycles. The fraction of sp³-hybridized carbons (Fsp3) is 0.200. The maximum atomic E-state index is 13.1. The highest BCUT2D eigenvalue weighted by atomic mass is 35.5. The van der Waals surface area contributed by atoms with Crippen molar-refractivity contribution in [2.24, 2.45) is 7.05 Å². The number of hydrogen-bond acceptors (Lipinski definition) is 6.